The molecule has 1 fully saturated rings. The fourth-order valence-corrected chi connectivity index (χ4v) is 1.47. The van der Waals surface area contributed by atoms with E-state index in [2.05, 4.69) is 0 Å². The summed E-state index contributed by atoms with van der Waals surface area (Å²) < 4.78 is 10.4. The van der Waals surface area contributed by atoms with Crippen LogP contribution in [0, 0.1) is 0 Å². The Kier molecular flexibility index (Phi) is 3.33. The molecule has 1 aromatic carbocycles. The molecule has 0 radical (unpaired) electrons. The molecule has 4 heteroatoms. The summed E-state index contributed by atoms with van der Waals surface area (Å²) in [5.41, 5.74) is 1.01. The largest absolute Gasteiger partial charge is 0.388 e. The number of benzene rings is 1. The fourth-order valence-electron chi connectivity index (χ4n) is 1.47. The van der Waals surface area contributed by atoms with Gasteiger partial charge in [-0.3, -0.25) is 0 Å². The van der Waals surface area contributed by atoms with Gasteiger partial charge in [0.15, 0.2) is 6.29 Å². The van der Waals surface area contributed by atoms with Crippen LogP contribution in [0.2, 0.25) is 0 Å². The van der Waals surface area contributed by atoms with Gasteiger partial charge in [-0.25, -0.2) is 0 Å². The Bertz CT molecular complexity index is 301. The lowest BCUT2D eigenvalue weighted by Crippen LogP contribution is -2.31. The van der Waals surface area contributed by atoms with Gasteiger partial charge in [-0.05, 0) is 5.56 Å². The van der Waals surface area contributed by atoms with Crippen LogP contribution in [-0.4, -0.2) is 35.3 Å². The Labute approximate surface area is 88.1 Å². The molecule has 0 unspecified atom stereocenters. The van der Waals surface area contributed by atoms with Crippen molar-refractivity contribution in [1.29, 1.82) is 0 Å². The molecule has 15 heavy (non-hydrogen) atoms. The summed E-state index contributed by atoms with van der Waals surface area (Å²) in [5.74, 6) is 0. The van der Waals surface area contributed by atoms with Crippen LogP contribution in [-0.2, 0) is 16.1 Å². The summed E-state index contributed by atoms with van der Waals surface area (Å²) in [4.78, 5) is 0. The molecule has 0 amide bonds. The lowest BCUT2D eigenvalue weighted by molar-refractivity contribution is -0.159. The van der Waals surface area contributed by atoms with Crippen molar-refractivity contribution in [3.8, 4) is 0 Å². The SMILES string of the molecule is O[C@H]1[C@H](OCc2ccccc2)OC[C@H]1O. The second kappa shape index (κ2) is 4.72. The van der Waals surface area contributed by atoms with Crippen LogP contribution in [0.3, 0.4) is 0 Å². The molecule has 4 nitrogen and oxygen atoms in total. The maximum Gasteiger partial charge on any atom is 0.186 e. The van der Waals surface area contributed by atoms with E-state index in [1.165, 1.54) is 0 Å². The molecule has 0 aromatic heterocycles. The number of hydrogen-bond acceptors (Lipinski definition) is 4. The minimum atomic E-state index is -0.950. The number of ether oxygens (including phenoxy) is 2. The highest BCUT2D eigenvalue weighted by molar-refractivity contribution is 5.13. The van der Waals surface area contributed by atoms with Crippen molar-refractivity contribution in [2.24, 2.45) is 0 Å². The molecule has 2 N–H and O–H groups in total. The number of aliphatic hydroxyl groups is 2. The second-order valence-corrected chi connectivity index (χ2v) is 3.56. The van der Waals surface area contributed by atoms with Gasteiger partial charge in [0, 0.05) is 0 Å². The zero-order valence-electron chi connectivity index (χ0n) is 8.24. The van der Waals surface area contributed by atoms with Crippen LogP contribution in [0.25, 0.3) is 0 Å². The molecule has 0 aliphatic carbocycles. The van der Waals surface area contributed by atoms with Crippen molar-refractivity contribution >= 4 is 0 Å². The first-order valence-corrected chi connectivity index (χ1v) is 4.90. The van der Waals surface area contributed by atoms with E-state index >= 15 is 0 Å². The molecule has 1 aliphatic rings. The molecular weight excluding hydrogens is 196 g/mol. The third kappa shape index (κ3) is 2.54. The first-order valence-electron chi connectivity index (χ1n) is 4.90. The lowest BCUT2D eigenvalue weighted by atomic mass is 10.2. The highest BCUT2D eigenvalue weighted by Crippen LogP contribution is 2.16. The van der Waals surface area contributed by atoms with Gasteiger partial charge in [-0.1, -0.05) is 30.3 Å². The van der Waals surface area contributed by atoms with Crippen LogP contribution < -0.4 is 0 Å². The van der Waals surface area contributed by atoms with Gasteiger partial charge in [-0.2, -0.15) is 0 Å². The summed E-state index contributed by atoms with van der Waals surface area (Å²) in [7, 11) is 0. The zero-order valence-corrected chi connectivity index (χ0v) is 8.24. The first kappa shape index (κ1) is 10.6. The minimum absolute atomic E-state index is 0.126. The molecule has 82 valence electrons. The number of rotatable bonds is 3. The standard InChI is InChI=1S/C11H14O4/c12-9-7-15-11(10(9)13)14-6-8-4-2-1-3-5-8/h1-5,9-13H,6-7H2/t9-,10-,11-/m1/s1. The fraction of sp³-hybridized carbons (Fsp3) is 0.455. The van der Waals surface area contributed by atoms with E-state index in [9.17, 15) is 10.2 Å². The molecule has 0 spiro atoms. The van der Waals surface area contributed by atoms with Crippen LogP contribution in [0.4, 0.5) is 0 Å². The monoisotopic (exact) mass is 210 g/mol. The van der Waals surface area contributed by atoms with E-state index in [0.717, 1.165) is 5.56 Å². The topological polar surface area (TPSA) is 58.9 Å². The van der Waals surface area contributed by atoms with Crippen molar-refractivity contribution < 1.29 is 19.7 Å². The van der Waals surface area contributed by atoms with E-state index in [1.54, 1.807) is 0 Å². The van der Waals surface area contributed by atoms with Gasteiger partial charge in [0.05, 0.1) is 13.2 Å². The van der Waals surface area contributed by atoms with E-state index in [0.29, 0.717) is 6.61 Å². The predicted molar refractivity (Wildman–Crippen MR) is 53.0 cm³/mol. The van der Waals surface area contributed by atoms with Crippen molar-refractivity contribution in [3.05, 3.63) is 35.9 Å². The molecule has 1 saturated heterocycles. The molecular formula is C11H14O4. The molecule has 3 atom stereocenters. The summed E-state index contributed by atoms with van der Waals surface area (Å²) in [6.45, 7) is 0.496. The average molecular weight is 210 g/mol. The van der Waals surface area contributed by atoms with E-state index in [-0.39, 0.29) is 6.61 Å². The van der Waals surface area contributed by atoms with E-state index in [4.69, 9.17) is 9.47 Å². The Hall–Kier alpha value is -0.940. The summed E-state index contributed by atoms with van der Waals surface area (Å²) in [6.07, 6.45) is -2.51. The molecule has 2 rings (SSSR count). The minimum Gasteiger partial charge on any atom is -0.388 e. The predicted octanol–water partition coefficient (Wildman–Crippen LogP) is 0.281. The summed E-state index contributed by atoms with van der Waals surface area (Å²) >= 11 is 0. The van der Waals surface area contributed by atoms with Crippen molar-refractivity contribution in [3.63, 3.8) is 0 Å². The Balaban J connectivity index is 1.84. The van der Waals surface area contributed by atoms with Crippen molar-refractivity contribution in [2.75, 3.05) is 6.61 Å². The van der Waals surface area contributed by atoms with Crippen LogP contribution >= 0.6 is 0 Å². The smallest absolute Gasteiger partial charge is 0.186 e. The first-order chi connectivity index (χ1) is 7.27. The average Bonchev–Trinajstić information content (AvgIpc) is 2.59. The molecule has 1 aliphatic heterocycles. The maximum atomic E-state index is 9.44. The summed E-state index contributed by atoms with van der Waals surface area (Å²) in [5, 5.41) is 18.6. The highest BCUT2D eigenvalue weighted by atomic mass is 16.7. The van der Waals surface area contributed by atoms with E-state index < -0.39 is 18.5 Å². The third-order valence-electron chi connectivity index (χ3n) is 2.36. The van der Waals surface area contributed by atoms with Crippen LogP contribution in [0.1, 0.15) is 5.56 Å². The van der Waals surface area contributed by atoms with Gasteiger partial charge < -0.3 is 19.7 Å². The van der Waals surface area contributed by atoms with Gasteiger partial charge in [0.1, 0.15) is 12.2 Å². The molecule has 0 saturated carbocycles. The highest BCUT2D eigenvalue weighted by Gasteiger charge is 2.35. The maximum absolute atomic E-state index is 9.44. The molecule has 1 heterocycles. The quantitative estimate of drug-likeness (QED) is 0.752. The lowest BCUT2D eigenvalue weighted by Gasteiger charge is -2.15. The van der Waals surface area contributed by atoms with Crippen LogP contribution in [0.5, 0.6) is 0 Å². The zero-order chi connectivity index (χ0) is 10.7. The Morgan fingerprint density at radius 3 is 2.60 bits per heavy atom. The number of hydrogen-bond donors (Lipinski definition) is 2. The number of aliphatic hydroxyl groups excluding tert-OH is 2. The van der Waals surface area contributed by atoms with Gasteiger partial charge >= 0.3 is 0 Å². The summed E-state index contributed by atoms with van der Waals surface area (Å²) in [6, 6.07) is 9.61. The van der Waals surface area contributed by atoms with Gasteiger partial charge in [0.2, 0.25) is 0 Å². The van der Waals surface area contributed by atoms with Crippen LogP contribution in [0.15, 0.2) is 30.3 Å². The van der Waals surface area contributed by atoms with Crippen molar-refractivity contribution in [1.82, 2.24) is 0 Å². The van der Waals surface area contributed by atoms with E-state index in [1.807, 2.05) is 30.3 Å². The molecule has 0 bridgehead atoms. The van der Waals surface area contributed by atoms with Crippen molar-refractivity contribution in [2.45, 2.75) is 25.1 Å². The van der Waals surface area contributed by atoms with Gasteiger partial charge in [-0.15, -0.1) is 0 Å². The Morgan fingerprint density at radius 1 is 1.27 bits per heavy atom. The Morgan fingerprint density at radius 2 is 2.00 bits per heavy atom. The third-order valence-corrected chi connectivity index (χ3v) is 2.36. The molecule has 1 aromatic rings. The van der Waals surface area contributed by atoms with Gasteiger partial charge in [0.25, 0.3) is 0 Å². The second-order valence-electron chi connectivity index (χ2n) is 3.56. The normalized spacial score (nSPS) is 30.7.